The lowest BCUT2D eigenvalue weighted by atomic mass is 9.96. The minimum atomic E-state index is -0.0188. The van der Waals surface area contributed by atoms with E-state index in [1.54, 1.807) is 23.4 Å². The molecule has 0 atom stereocenters. The SMILES string of the molecule is CCNC(=O)C1CCN(C(=O)c2cnc(-c3ccco3)s2)CC1. The van der Waals surface area contributed by atoms with Crippen LogP contribution in [0.4, 0.5) is 0 Å². The maximum Gasteiger partial charge on any atom is 0.265 e. The van der Waals surface area contributed by atoms with E-state index in [1.807, 2.05) is 13.0 Å². The van der Waals surface area contributed by atoms with Gasteiger partial charge in [0.15, 0.2) is 10.8 Å². The maximum absolute atomic E-state index is 12.6. The highest BCUT2D eigenvalue weighted by Crippen LogP contribution is 2.27. The van der Waals surface area contributed by atoms with Crippen molar-refractivity contribution in [2.24, 2.45) is 5.92 Å². The molecule has 0 saturated carbocycles. The zero-order valence-electron chi connectivity index (χ0n) is 12.9. The molecule has 3 rings (SSSR count). The van der Waals surface area contributed by atoms with Crippen LogP contribution in [0.15, 0.2) is 29.0 Å². The molecule has 122 valence electrons. The van der Waals surface area contributed by atoms with Crippen LogP contribution < -0.4 is 5.32 Å². The topological polar surface area (TPSA) is 75.4 Å². The van der Waals surface area contributed by atoms with Gasteiger partial charge in [0.1, 0.15) is 4.88 Å². The van der Waals surface area contributed by atoms with Crippen LogP contribution in [-0.2, 0) is 4.79 Å². The predicted molar refractivity (Wildman–Crippen MR) is 87.1 cm³/mol. The summed E-state index contributed by atoms with van der Waals surface area (Å²) in [6.07, 6.45) is 4.61. The smallest absolute Gasteiger partial charge is 0.265 e. The van der Waals surface area contributed by atoms with Crippen LogP contribution in [0, 0.1) is 5.92 Å². The Hall–Kier alpha value is -2.15. The number of hydrogen-bond acceptors (Lipinski definition) is 5. The fourth-order valence-electron chi connectivity index (χ4n) is 2.71. The van der Waals surface area contributed by atoms with Crippen LogP contribution in [0.25, 0.3) is 10.8 Å². The number of carbonyl (C=O) groups is 2. The number of carbonyl (C=O) groups excluding carboxylic acids is 2. The molecular formula is C16H19N3O3S. The summed E-state index contributed by atoms with van der Waals surface area (Å²) in [6, 6.07) is 3.62. The van der Waals surface area contributed by atoms with Gasteiger partial charge in [0.25, 0.3) is 5.91 Å². The maximum atomic E-state index is 12.6. The predicted octanol–water partition coefficient (Wildman–Crippen LogP) is 2.39. The molecule has 1 N–H and O–H groups in total. The van der Waals surface area contributed by atoms with Crippen molar-refractivity contribution < 1.29 is 14.0 Å². The summed E-state index contributed by atoms with van der Waals surface area (Å²) in [5, 5.41) is 3.55. The zero-order chi connectivity index (χ0) is 16.2. The number of thiazole rings is 1. The Morgan fingerprint density at radius 3 is 2.87 bits per heavy atom. The summed E-state index contributed by atoms with van der Waals surface area (Å²) in [4.78, 5) is 31.1. The van der Waals surface area contributed by atoms with Gasteiger partial charge in [-0.1, -0.05) is 0 Å². The van der Waals surface area contributed by atoms with Crippen molar-refractivity contribution >= 4 is 23.2 Å². The fraction of sp³-hybridized carbons (Fsp3) is 0.438. The van der Waals surface area contributed by atoms with Gasteiger partial charge in [-0.2, -0.15) is 0 Å². The minimum Gasteiger partial charge on any atom is -0.462 e. The van der Waals surface area contributed by atoms with Crippen molar-refractivity contribution in [1.29, 1.82) is 0 Å². The van der Waals surface area contributed by atoms with Crippen LogP contribution in [0.5, 0.6) is 0 Å². The summed E-state index contributed by atoms with van der Waals surface area (Å²) in [7, 11) is 0. The van der Waals surface area contributed by atoms with E-state index in [1.165, 1.54) is 11.3 Å². The Labute approximate surface area is 138 Å². The average molecular weight is 333 g/mol. The highest BCUT2D eigenvalue weighted by Gasteiger charge is 2.28. The zero-order valence-corrected chi connectivity index (χ0v) is 13.8. The molecule has 0 bridgehead atoms. The molecule has 0 radical (unpaired) electrons. The molecule has 2 aromatic rings. The first-order valence-corrected chi connectivity index (χ1v) is 8.57. The van der Waals surface area contributed by atoms with Crippen LogP contribution in [0.1, 0.15) is 29.4 Å². The Morgan fingerprint density at radius 2 is 2.22 bits per heavy atom. The van der Waals surface area contributed by atoms with Crippen molar-refractivity contribution in [2.45, 2.75) is 19.8 Å². The molecule has 23 heavy (non-hydrogen) atoms. The van der Waals surface area contributed by atoms with Gasteiger partial charge in [-0.05, 0) is 31.9 Å². The first-order chi connectivity index (χ1) is 11.2. The van der Waals surface area contributed by atoms with Gasteiger partial charge in [-0.25, -0.2) is 4.98 Å². The summed E-state index contributed by atoms with van der Waals surface area (Å²) >= 11 is 1.33. The molecular weight excluding hydrogens is 314 g/mol. The molecule has 0 unspecified atom stereocenters. The van der Waals surface area contributed by atoms with Gasteiger partial charge in [0, 0.05) is 25.6 Å². The standard InChI is InChI=1S/C16H19N3O3S/c1-2-17-14(20)11-5-7-19(8-6-11)16(21)13-10-18-15(23-13)12-4-3-9-22-12/h3-4,9-11H,2,5-8H2,1H3,(H,17,20). The van der Waals surface area contributed by atoms with Crippen LogP contribution in [0.3, 0.4) is 0 Å². The molecule has 0 spiro atoms. The second-order valence-corrected chi connectivity index (χ2v) is 6.50. The number of amides is 2. The van der Waals surface area contributed by atoms with Gasteiger partial charge in [0.2, 0.25) is 5.91 Å². The molecule has 2 aromatic heterocycles. The lowest BCUT2D eigenvalue weighted by Gasteiger charge is -2.30. The molecule has 6 nitrogen and oxygen atoms in total. The first kappa shape index (κ1) is 15.7. The Morgan fingerprint density at radius 1 is 1.43 bits per heavy atom. The van der Waals surface area contributed by atoms with E-state index in [9.17, 15) is 9.59 Å². The van der Waals surface area contributed by atoms with Gasteiger partial charge in [0.05, 0.1) is 12.5 Å². The van der Waals surface area contributed by atoms with Crippen LogP contribution in [-0.4, -0.2) is 41.3 Å². The van der Waals surface area contributed by atoms with E-state index < -0.39 is 0 Å². The number of furan rings is 1. The van der Waals surface area contributed by atoms with Crippen molar-refractivity contribution in [2.75, 3.05) is 19.6 Å². The van der Waals surface area contributed by atoms with E-state index in [2.05, 4.69) is 10.3 Å². The van der Waals surface area contributed by atoms with E-state index in [0.717, 1.165) is 0 Å². The quantitative estimate of drug-likeness (QED) is 0.932. The van der Waals surface area contributed by atoms with Crippen LogP contribution in [0.2, 0.25) is 0 Å². The number of likely N-dealkylation sites (tertiary alicyclic amines) is 1. The Bertz CT molecular complexity index is 673. The van der Waals surface area contributed by atoms with Crippen molar-refractivity contribution in [3.8, 4) is 10.8 Å². The Kier molecular flexibility index (Phi) is 4.76. The van der Waals surface area contributed by atoms with Crippen molar-refractivity contribution in [3.05, 3.63) is 29.5 Å². The highest BCUT2D eigenvalue weighted by atomic mass is 32.1. The molecule has 1 aliphatic rings. The molecule has 1 aliphatic heterocycles. The molecule has 7 heteroatoms. The van der Waals surface area contributed by atoms with E-state index in [0.29, 0.717) is 48.1 Å². The fourth-order valence-corrected chi connectivity index (χ4v) is 3.56. The number of nitrogens with one attached hydrogen (secondary N) is 1. The molecule has 1 fully saturated rings. The van der Waals surface area contributed by atoms with Gasteiger partial charge < -0.3 is 14.6 Å². The largest absolute Gasteiger partial charge is 0.462 e. The van der Waals surface area contributed by atoms with Gasteiger partial charge >= 0.3 is 0 Å². The summed E-state index contributed by atoms with van der Waals surface area (Å²) in [5.41, 5.74) is 0. The van der Waals surface area contributed by atoms with E-state index in [4.69, 9.17) is 4.42 Å². The highest BCUT2D eigenvalue weighted by molar-refractivity contribution is 7.16. The number of nitrogens with zero attached hydrogens (tertiary/aromatic N) is 2. The summed E-state index contributed by atoms with van der Waals surface area (Å²) in [5.74, 6) is 0.760. The lowest BCUT2D eigenvalue weighted by molar-refractivity contribution is -0.126. The lowest BCUT2D eigenvalue weighted by Crippen LogP contribution is -2.42. The summed E-state index contributed by atoms with van der Waals surface area (Å²) in [6.45, 7) is 3.77. The Balaban J connectivity index is 1.60. The third-order valence-electron chi connectivity index (χ3n) is 3.95. The number of aromatic nitrogens is 1. The number of hydrogen-bond donors (Lipinski definition) is 1. The third-order valence-corrected chi connectivity index (χ3v) is 4.95. The second kappa shape index (κ2) is 6.95. The molecule has 0 aliphatic carbocycles. The number of rotatable bonds is 4. The monoisotopic (exact) mass is 333 g/mol. The molecule has 1 saturated heterocycles. The molecule has 0 aromatic carbocycles. The van der Waals surface area contributed by atoms with Crippen LogP contribution >= 0.6 is 11.3 Å². The summed E-state index contributed by atoms with van der Waals surface area (Å²) < 4.78 is 5.30. The number of piperidine rings is 1. The third kappa shape index (κ3) is 3.44. The van der Waals surface area contributed by atoms with E-state index in [-0.39, 0.29) is 17.7 Å². The van der Waals surface area contributed by atoms with Gasteiger partial charge in [-0.3, -0.25) is 9.59 Å². The normalized spacial score (nSPS) is 15.6. The minimum absolute atomic E-state index is 0.0131. The first-order valence-electron chi connectivity index (χ1n) is 7.75. The van der Waals surface area contributed by atoms with Crippen molar-refractivity contribution in [1.82, 2.24) is 15.2 Å². The van der Waals surface area contributed by atoms with Crippen molar-refractivity contribution in [3.63, 3.8) is 0 Å². The van der Waals surface area contributed by atoms with E-state index >= 15 is 0 Å². The molecule has 3 heterocycles. The average Bonchev–Trinajstić information content (AvgIpc) is 3.25. The second-order valence-electron chi connectivity index (χ2n) is 5.47. The van der Waals surface area contributed by atoms with Gasteiger partial charge in [-0.15, -0.1) is 11.3 Å². The molecule has 2 amide bonds.